The van der Waals surface area contributed by atoms with Gasteiger partial charge in [-0.1, -0.05) is 54.1 Å². The van der Waals surface area contributed by atoms with Gasteiger partial charge in [0.05, 0.1) is 0 Å². The molecule has 0 unspecified atom stereocenters. The molecule has 0 heterocycles. The summed E-state index contributed by atoms with van der Waals surface area (Å²) in [5, 5.41) is 7.48. The summed E-state index contributed by atoms with van der Waals surface area (Å²) < 4.78 is 5.54. The summed E-state index contributed by atoms with van der Waals surface area (Å²) in [5.74, 6) is 1.49. The Kier molecular flexibility index (Phi) is 7.93. The van der Waals surface area contributed by atoms with Crippen LogP contribution < -0.4 is 15.4 Å². The van der Waals surface area contributed by atoms with Crippen LogP contribution in [0.15, 0.2) is 90.4 Å². The predicted octanol–water partition coefficient (Wildman–Crippen LogP) is 6.34. The monoisotopic (exact) mass is 419 g/mol. The van der Waals surface area contributed by atoms with Crippen molar-refractivity contribution in [3.63, 3.8) is 0 Å². The highest BCUT2D eigenvalue weighted by atomic mass is 35.5. The molecule has 0 radical (unpaired) electrons. The highest BCUT2D eigenvalue weighted by Gasteiger charge is 2.03. The number of aryl methyl sites for hydroxylation is 1. The third-order valence-electron chi connectivity index (χ3n) is 4.38. The fourth-order valence-corrected chi connectivity index (χ4v) is 2.88. The zero-order valence-corrected chi connectivity index (χ0v) is 17.8. The largest absolute Gasteiger partial charge is 0.490 e. The Morgan fingerprint density at radius 3 is 2.13 bits per heavy atom. The number of nitrogens with one attached hydrogen (secondary N) is 2. The van der Waals surface area contributed by atoms with E-state index in [0.29, 0.717) is 19.1 Å². The van der Waals surface area contributed by atoms with Gasteiger partial charge >= 0.3 is 0 Å². The molecule has 3 rings (SSSR count). The summed E-state index contributed by atoms with van der Waals surface area (Å²) in [6.45, 7) is 6.86. The van der Waals surface area contributed by atoms with Crippen molar-refractivity contribution in [2.45, 2.75) is 13.3 Å². The second-order valence-electron chi connectivity index (χ2n) is 6.85. The average Bonchev–Trinajstić information content (AvgIpc) is 2.76. The van der Waals surface area contributed by atoms with Crippen LogP contribution in [-0.4, -0.2) is 19.1 Å². The maximum absolute atomic E-state index is 5.97. The molecular weight excluding hydrogens is 394 g/mol. The summed E-state index contributed by atoms with van der Waals surface area (Å²) in [5.41, 5.74) is 4.31. The van der Waals surface area contributed by atoms with Gasteiger partial charge in [0.2, 0.25) is 0 Å². The first-order valence-electron chi connectivity index (χ1n) is 9.86. The third kappa shape index (κ3) is 6.98. The molecule has 0 spiro atoms. The van der Waals surface area contributed by atoms with Crippen LogP contribution >= 0.6 is 11.6 Å². The lowest BCUT2D eigenvalue weighted by Crippen LogP contribution is -2.22. The lowest BCUT2D eigenvalue weighted by Gasteiger charge is -2.14. The van der Waals surface area contributed by atoms with Gasteiger partial charge in [0.25, 0.3) is 0 Å². The van der Waals surface area contributed by atoms with E-state index in [2.05, 4.69) is 36.3 Å². The Labute approximate surface area is 183 Å². The van der Waals surface area contributed by atoms with E-state index >= 15 is 0 Å². The second kappa shape index (κ2) is 11.1. The molecule has 0 amide bonds. The maximum atomic E-state index is 5.97. The summed E-state index contributed by atoms with van der Waals surface area (Å²) in [6.07, 6.45) is 2.55. The Morgan fingerprint density at radius 1 is 0.933 bits per heavy atom. The molecule has 3 aromatic rings. The predicted molar refractivity (Wildman–Crippen MR) is 128 cm³/mol. The van der Waals surface area contributed by atoms with E-state index in [9.17, 15) is 0 Å². The van der Waals surface area contributed by atoms with Crippen LogP contribution in [0.3, 0.4) is 0 Å². The van der Waals surface area contributed by atoms with Gasteiger partial charge in [0.15, 0.2) is 5.96 Å². The fourth-order valence-electron chi connectivity index (χ4n) is 2.76. The summed E-state index contributed by atoms with van der Waals surface area (Å²) in [6, 6.07) is 23.8. The van der Waals surface area contributed by atoms with Crippen LogP contribution in [0, 0.1) is 6.92 Å². The molecule has 0 fully saturated rings. The van der Waals surface area contributed by atoms with E-state index in [1.54, 1.807) is 6.08 Å². The molecule has 0 saturated heterocycles. The highest BCUT2D eigenvalue weighted by molar-refractivity contribution is 6.30. The highest BCUT2D eigenvalue weighted by Crippen LogP contribution is 2.17. The number of benzene rings is 3. The summed E-state index contributed by atoms with van der Waals surface area (Å²) >= 11 is 5.97. The maximum Gasteiger partial charge on any atom is 0.200 e. The number of anilines is 2. The minimum absolute atomic E-state index is 0.485. The average molecular weight is 420 g/mol. The van der Waals surface area contributed by atoms with Gasteiger partial charge in [-0.25, -0.2) is 0 Å². The Balaban J connectivity index is 1.69. The zero-order chi connectivity index (χ0) is 21.2. The van der Waals surface area contributed by atoms with Gasteiger partial charge in [-0.05, 0) is 67.4 Å². The van der Waals surface area contributed by atoms with Gasteiger partial charge in [-0.2, -0.15) is 0 Å². The molecular formula is C25H26ClN3O. The number of hydrogen-bond acceptors (Lipinski definition) is 2. The van der Waals surface area contributed by atoms with E-state index in [0.717, 1.165) is 28.6 Å². The van der Waals surface area contributed by atoms with Crippen LogP contribution in [0.4, 0.5) is 11.4 Å². The number of ether oxygens (including phenoxy) is 1. The molecule has 154 valence electrons. The molecule has 0 atom stereocenters. The van der Waals surface area contributed by atoms with Crippen LogP contribution in [-0.2, 0) is 6.42 Å². The molecule has 0 aromatic heterocycles. The second-order valence-corrected chi connectivity index (χ2v) is 7.28. The Morgan fingerprint density at radius 2 is 1.53 bits per heavy atom. The number of hydrogen-bond donors (Lipinski definition) is 2. The van der Waals surface area contributed by atoms with Crippen LogP contribution in [0.25, 0.3) is 0 Å². The first kappa shape index (κ1) is 21.5. The molecule has 4 nitrogen and oxygen atoms in total. The molecule has 0 aliphatic carbocycles. The topological polar surface area (TPSA) is 45.6 Å². The minimum Gasteiger partial charge on any atom is -0.490 e. The number of guanidine groups is 1. The number of aliphatic imine (C=N–C) groups is 1. The van der Waals surface area contributed by atoms with E-state index in [1.165, 1.54) is 11.1 Å². The van der Waals surface area contributed by atoms with Gasteiger partial charge in [-0.3, -0.25) is 4.99 Å². The lowest BCUT2D eigenvalue weighted by atomic mass is 10.1. The van der Waals surface area contributed by atoms with Crippen molar-refractivity contribution >= 4 is 28.9 Å². The van der Waals surface area contributed by atoms with Crippen molar-refractivity contribution in [1.82, 2.24) is 0 Å². The van der Waals surface area contributed by atoms with Crippen LogP contribution in [0.5, 0.6) is 5.75 Å². The van der Waals surface area contributed by atoms with Gasteiger partial charge in [0, 0.05) is 22.9 Å². The van der Waals surface area contributed by atoms with Crippen molar-refractivity contribution in [1.29, 1.82) is 0 Å². The van der Waals surface area contributed by atoms with Crippen LogP contribution in [0.2, 0.25) is 5.02 Å². The summed E-state index contributed by atoms with van der Waals surface area (Å²) in [7, 11) is 0. The van der Waals surface area contributed by atoms with Crippen molar-refractivity contribution in [2.75, 3.05) is 23.8 Å². The molecule has 3 aromatic carbocycles. The first-order valence-corrected chi connectivity index (χ1v) is 10.2. The molecule has 0 aliphatic rings. The SMILES string of the molecule is C=CCOc1ccc(NC(=NCCc2ccc(Cl)cc2)Nc2ccc(C)cc2)cc1. The number of halogens is 1. The molecule has 30 heavy (non-hydrogen) atoms. The van der Waals surface area contributed by atoms with Gasteiger partial charge < -0.3 is 15.4 Å². The molecule has 0 aliphatic heterocycles. The Bertz CT molecular complexity index is 965. The van der Waals surface area contributed by atoms with E-state index in [1.807, 2.05) is 60.7 Å². The zero-order valence-electron chi connectivity index (χ0n) is 17.1. The van der Waals surface area contributed by atoms with Crippen molar-refractivity contribution < 1.29 is 4.74 Å². The molecule has 0 bridgehead atoms. The van der Waals surface area contributed by atoms with E-state index in [-0.39, 0.29) is 0 Å². The van der Waals surface area contributed by atoms with Crippen molar-refractivity contribution in [3.05, 3.63) is 102 Å². The quantitative estimate of drug-likeness (QED) is 0.254. The number of nitrogens with zero attached hydrogens (tertiary/aromatic N) is 1. The standard InChI is InChI=1S/C25H26ClN3O/c1-3-18-30-24-14-12-23(13-15-24)29-25(28-22-10-4-19(2)5-11-22)27-17-16-20-6-8-21(26)9-7-20/h3-15H,1,16-18H2,2H3,(H2,27,28,29). The third-order valence-corrected chi connectivity index (χ3v) is 4.63. The van der Waals surface area contributed by atoms with E-state index < -0.39 is 0 Å². The lowest BCUT2D eigenvalue weighted by molar-refractivity contribution is 0.363. The fraction of sp³-hybridized carbons (Fsp3) is 0.160. The van der Waals surface area contributed by atoms with Crippen LogP contribution in [0.1, 0.15) is 11.1 Å². The number of rotatable bonds is 8. The first-order chi connectivity index (χ1) is 14.6. The van der Waals surface area contributed by atoms with Gasteiger partial charge in [0.1, 0.15) is 12.4 Å². The molecule has 2 N–H and O–H groups in total. The van der Waals surface area contributed by atoms with Crippen molar-refractivity contribution in [3.8, 4) is 5.75 Å². The van der Waals surface area contributed by atoms with Gasteiger partial charge in [-0.15, -0.1) is 0 Å². The molecule has 0 saturated carbocycles. The molecule has 5 heteroatoms. The smallest absolute Gasteiger partial charge is 0.200 e. The summed E-state index contributed by atoms with van der Waals surface area (Å²) in [4.78, 5) is 4.74. The van der Waals surface area contributed by atoms with E-state index in [4.69, 9.17) is 21.3 Å². The normalized spacial score (nSPS) is 11.1. The van der Waals surface area contributed by atoms with Crippen molar-refractivity contribution in [2.24, 2.45) is 4.99 Å². The Hall–Kier alpha value is -3.24. The minimum atomic E-state index is 0.485.